The summed E-state index contributed by atoms with van der Waals surface area (Å²) in [4.78, 5) is 14.5. The molecule has 0 radical (unpaired) electrons. The molecule has 3 aromatic rings. The molecule has 27 heavy (non-hydrogen) atoms. The summed E-state index contributed by atoms with van der Waals surface area (Å²) in [5.74, 6) is 0.289. The Morgan fingerprint density at radius 3 is 2.67 bits per heavy atom. The molecule has 1 heterocycles. The van der Waals surface area contributed by atoms with E-state index in [0.717, 1.165) is 5.39 Å². The van der Waals surface area contributed by atoms with Gasteiger partial charge >= 0.3 is 0 Å². The molecule has 0 aliphatic heterocycles. The van der Waals surface area contributed by atoms with E-state index in [1.165, 1.54) is 6.07 Å². The average Bonchev–Trinajstić information content (AvgIpc) is 2.65. The Labute approximate surface area is 161 Å². The lowest BCUT2D eigenvalue weighted by Crippen LogP contribution is -2.43. The predicted octanol–water partition coefficient (Wildman–Crippen LogP) is 4.50. The number of fused-ring (bicyclic) bond motifs is 1. The van der Waals surface area contributed by atoms with Gasteiger partial charge in [-0.1, -0.05) is 29.8 Å². The third-order valence-corrected chi connectivity index (χ3v) is 5.65. The third-order valence-electron chi connectivity index (χ3n) is 5.35. The van der Waals surface area contributed by atoms with Gasteiger partial charge in [-0.25, -0.2) is 4.39 Å². The van der Waals surface area contributed by atoms with Crippen LogP contribution in [0.4, 0.5) is 4.39 Å². The largest absolute Gasteiger partial charge is 0.489 e. The summed E-state index contributed by atoms with van der Waals surface area (Å²) in [5.41, 5.74) is 6.20. The lowest BCUT2D eigenvalue weighted by molar-refractivity contribution is 0.117. The molecule has 4 nitrogen and oxygen atoms in total. The first kappa shape index (κ1) is 18.0. The van der Waals surface area contributed by atoms with Crippen LogP contribution in [0.3, 0.4) is 0 Å². The van der Waals surface area contributed by atoms with Gasteiger partial charge in [0.25, 0.3) is 5.56 Å². The van der Waals surface area contributed by atoms with Crippen molar-refractivity contribution in [1.29, 1.82) is 0 Å². The minimum Gasteiger partial charge on any atom is -0.489 e. The molecular formula is C21H20ClFN2O2. The Balaban J connectivity index is 1.51. The molecule has 3 N–H and O–H groups in total. The number of nitrogens with two attached hydrogens (primary N) is 1. The van der Waals surface area contributed by atoms with Crippen molar-refractivity contribution in [3.05, 3.63) is 75.4 Å². The molecule has 1 saturated carbocycles. The molecule has 0 amide bonds. The van der Waals surface area contributed by atoms with Crippen LogP contribution in [0.15, 0.2) is 53.5 Å². The van der Waals surface area contributed by atoms with Gasteiger partial charge in [0.15, 0.2) is 0 Å². The van der Waals surface area contributed by atoms with E-state index in [1.807, 2.05) is 12.1 Å². The summed E-state index contributed by atoms with van der Waals surface area (Å²) >= 11 is 6.32. The Hall–Kier alpha value is -2.37. The first-order valence-corrected chi connectivity index (χ1v) is 9.35. The molecule has 4 rings (SSSR count). The smallest absolute Gasteiger partial charge is 0.255 e. The molecular weight excluding hydrogens is 367 g/mol. The van der Waals surface area contributed by atoms with E-state index < -0.39 is 5.54 Å². The van der Waals surface area contributed by atoms with E-state index in [-0.39, 0.29) is 17.5 Å². The Bertz CT molecular complexity index is 1040. The first-order chi connectivity index (χ1) is 13.0. The summed E-state index contributed by atoms with van der Waals surface area (Å²) in [7, 11) is 0. The maximum atomic E-state index is 14.1. The quantitative estimate of drug-likeness (QED) is 0.696. The summed E-state index contributed by atoms with van der Waals surface area (Å²) in [5, 5.41) is 1.70. The zero-order valence-corrected chi connectivity index (χ0v) is 15.4. The van der Waals surface area contributed by atoms with E-state index in [1.54, 1.807) is 30.5 Å². The van der Waals surface area contributed by atoms with E-state index in [0.29, 0.717) is 47.4 Å². The standard InChI is InChI=1S/C21H20ClFN2O2/c22-17-12-15-13(7-10-25-20(15)26)11-19(17)27-14-5-8-21(24,9-6-14)16-3-1-2-4-18(16)23/h1-4,7,10-12,14H,5-6,8-9,24H2,(H,25,26)/t14-,21-. The maximum Gasteiger partial charge on any atom is 0.255 e. The number of rotatable bonds is 3. The Morgan fingerprint density at radius 1 is 1.19 bits per heavy atom. The zero-order chi connectivity index (χ0) is 19.0. The SMILES string of the molecule is N[C@]1(c2ccccc2F)CC[C@@H](Oc2cc3cc[nH]c(=O)c3cc2Cl)CC1. The van der Waals surface area contributed by atoms with E-state index >= 15 is 0 Å². The summed E-state index contributed by atoms with van der Waals surface area (Å²) in [6, 6.07) is 11.9. The number of aromatic nitrogens is 1. The molecule has 2 aromatic carbocycles. The van der Waals surface area contributed by atoms with Gasteiger partial charge in [0.1, 0.15) is 11.6 Å². The van der Waals surface area contributed by atoms with Gasteiger partial charge in [-0.2, -0.15) is 0 Å². The van der Waals surface area contributed by atoms with Gasteiger partial charge in [-0.05, 0) is 55.3 Å². The molecule has 1 aromatic heterocycles. The van der Waals surface area contributed by atoms with Gasteiger partial charge in [-0.3, -0.25) is 4.79 Å². The minimum absolute atomic E-state index is 0.0506. The number of benzene rings is 2. The number of halogens is 2. The molecule has 0 spiro atoms. The monoisotopic (exact) mass is 386 g/mol. The molecule has 0 saturated heterocycles. The minimum atomic E-state index is -0.675. The van der Waals surface area contributed by atoms with Crippen LogP contribution in [0.5, 0.6) is 5.75 Å². The topological polar surface area (TPSA) is 68.1 Å². The number of ether oxygens (including phenoxy) is 1. The van der Waals surface area contributed by atoms with Gasteiger partial charge in [0.2, 0.25) is 0 Å². The van der Waals surface area contributed by atoms with Crippen LogP contribution in [-0.4, -0.2) is 11.1 Å². The van der Waals surface area contributed by atoms with Gasteiger partial charge in [0.05, 0.1) is 11.1 Å². The summed E-state index contributed by atoms with van der Waals surface area (Å²) in [6.45, 7) is 0. The number of hydrogen-bond acceptors (Lipinski definition) is 3. The predicted molar refractivity (Wildman–Crippen MR) is 105 cm³/mol. The van der Waals surface area contributed by atoms with Crippen molar-refractivity contribution in [3.63, 3.8) is 0 Å². The highest BCUT2D eigenvalue weighted by atomic mass is 35.5. The fraction of sp³-hybridized carbons (Fsp3) is 0.286. The van der Waals surface area contributed by atoms with Crippen LogP contribution in [0.2, 0.25) is 5.02 Å². The second-order valence-electron chi connectivity index (χ2n) is 7.13. The number of aromatic amines is 1. The molecule has 1 fully saturated rings. The third kappa shape index (κ3) is 3.45. The zero-order valence-electron chi connectivity index (χ0n) is 14.7. The first-order valence-electron chi connectivity index (χ1n) is 8.98. The molecule has 0 atom stereocenters. The van der Waals surface area contributed by atoms with Crippen molar-refractivity contribution in [3.8, 4) is 5.75 Å². The average molecular weight is 387 g/mol. The van der Waals surface area contributed by atoms with Crippen molar-refractivity contribution in [2.45, 2.75) is 37.3 Å². The van der Waals surface area contributed by atoms with Crippen LogP contribution in [0.1, 0.15) is 31.2 Å². The highest BCUT2D eigenvalue weighted by Gasteiger charge is 2.36. The molecule has 140 valence electrons. The van der Waals surface area contributed by atoms with Crippen molar-refractivity contribution >= 4 is 22.4 Å². The summed E-state index contributed by atoms with van der Waals surface area (Å²) < 4.78 is 20.2. The second-order valence-corrected chi connectivity index (χ2v) is 7.54. The van der Waals surface area contributed by atoms with Crippen LogP contribution >= 0.6 is 11.6 Å². The van der Waals surface area contributed by atoms with Gasteiger partial charge < -0.3 is 15.5 Å². The number of hydrogen-bond donors (Lipinski definition) is 2. The van der Waals surface area contributed by atoms with E-state index in [4.69, 9.17) is 22.1 Å². The second kappa shape index (κ2) is 6.98. The van der Waals surface area contributed by atoms with E-state index in [9.17, 15) is 9.18 Å². The number of nitrogens with one attached hydrogen (secondary N) is 1. The van der Waals surface area contributed by atoms with Crippen LogP contribution in [0, 0.1) is 5.82 Å². The lowest BCUT2D eigenvalue weighted by Gasteiger charge is -2.37. The highest BCUT2D eigenvalue weighted by Crippen LogP contribution is 2.38. The molecule has 0 bridgehead atoms. The normalized spacial score (nSPS) is 22.7. The highest BCUT2D eigenvalue weighted by molar-refractivity contribution is 6.32. The van der Waals surface area contributed by atoms with Crippen molar-refractivity contribution in [2.75, 3.05) is 0 Å². The van der Waals surface area contributed by atoms with Crippen LogP contribution in [0.25, 0.3) is 10.8 Å². The summed E-state index contributed by atoms with van der Waals surface area (Å²) in [6.07, 6.45) is 4.21. The Kier molecular flexibility index (Phi) is 4.66. The maximum absolute atomic E-state index is 14.1. The number of H-pyrrole nitrogens is 1. The molecule has 1 aliphatic carbocycles. The molecule has 6 heteroatoms. The molecule has 0 unspecified atom stereocenters. The molecule has 1 aliphatic rings. The fourth-order valence-corrected chi connectivity index (χ4v) is 4.03. The lowest BCUT2D eigenvalue weighted by atomic mass is 9.76. The van der Waals surface area contributed by atoms with Gasteiger partial charge in [-0.15, -0.1) is 0 Å². The number of pyridine rings is 1. The van der Waals surface area contributed by atoms with Crippen LogP contribution in [-0.2, 0) is 5.54 Å². The fourth-order valence-electron chi connectivity index (χ4n) is 3.82. The Morgan fingerprint density at radius 2 is 1.93 bits per heavy atom. The van der Waals surface area contributed by atoms with Gasteiger partial charge in [0, 0.05) is 22.7 Å². The van der Waals surface area contributed by atoms with E-state index in [2.05, 4.69) is 4.98 Å². The van der Waals surface area contributed by atoms with Crippen LogP contribution < -0.4 is 16.0 Å². The van der Waals surface area contributed by atoms with Crippen molar-refractivity contribution in [1.82, 2.24) is 4.98 Å². The van der Waals surface area contributed by atoms with Crippen molar-refractivity contribution < 1.29 is 9.13 Å². The van der Waals surface area contributed by atoms with Crippen molar-refractivity contribution in [2.24, 2.45) is 5.73 Å².